The lowest BCUT2D eigenvalue weighted by Crippen LogP contribution is -2.19. The van der Waals surface area contributed by atoms with Crippen LogP contribution in [0.15, 0.2) is 23.0 Å². The Hall–Kier alpha value is -2.08. The molecule has 0 saturated heterocycles. The first-order valence-electron chi connectivity index (χ1n) is 6.47. The lowest BCUT2D eigenvalue weighted by Gasteiger charge is -2.10. The molecule has 0 aliphatic heterocycles. The number of imidazole rings is 1. The van der Waals surface area contributed by atoms with E-state index >= 15 is 0 Å². The van der Waals surface area contributed by atoms with Gasteiger partial charge in [0.15, 0.2) is 0 Å². The maximum atomic E-state index is 11.8. The second-order valence-electron chi connectivity index (χ2n) is 4.95. The highest BCUT2D eigenvalue weighted by Crippen LogP contribution is 2.23. The van der Waals surface area contributed by atoms with Crippen molar-refractivity contribution in [1.29, 1.82) is 0 Å². The van der Waals surface area contributed by atoms with Crippen LogP contribution in [0.25, 0.3) is 11.0 Å². The van der Waals surface area contributed by atoms with Gasteiger partial charge in [-0.3, -0.25) is 13.9 Å². The Morgan fingerprint density at radius 1 is 1.25 bits per heavy atom. The fourth-order valence-corrected chi connectivity index (χ4v) is 2.34. The minimum Gasteiger partial charge on any atom is -0.481 e. The Balaban J connectivity index is 2.25. The van der Waals surface area contributed by atoms with Gasteiger partial charge in [-0.15, -0.1) is 0 Å². The van der Waals surface area contributed by atoms with Gasteiger partial charge < -0.3 is 10.2 Å². The average Bonchev–Trinajstić information content (AvgIpc) is 2.63. The van der Waals surface area contributed by atoms with Gasteiger partial charge >= 0.3 is 11.7 Å². The molecule has 108 valence electrons. The predicted molar refractivity (Wildman–Crippen MR) is 74.6 cm³/mol. The van der Waals surface area contributed by atoms with Gasteiger partial charge in [0.05, 0.1) is 17.1 Å². The number of nitrogens with zero attached hydrogens (tertiary/aromatic N) is 2. The number of aromatic nitrogens is 2. The van der Waals surface area contributed by atoms with Gasteiger partial charge in [0.2, 0.25) is 0 Å². The van der Waals surface area contributed by atoms with Crippen LogP contribution in [0.5, 0.6) is 0 Å². The van der Waals surface area contributed by atoms with Crippen LogP contribution in [0.3, 0.4) is 0 Å². The molecule has 1 unspecified atom stereocenters. The Kier molecular flexibility index (Phi) is 3.94. The molecule has 2 aromatic rings. The van der Waals surface area contributed by atoms with E-state index in [9.17, 15) is 14.7 Å². The standard InChI is InChI=1S/C14H18N2O4/c1-15-10-7-6-9(8-11(10)16(2)14(15)20)12(17)4-3-5-13(18)19/h6-8,12,17H,3-5H2,1-2H3,(H,18,19). The first-order chi connectivity index (χ1) is 9.41. The quantitative estimate of drug-likeness (QED) is 0.859. The zero-order valence-corrected chi connectivity index (χ0v) is 11.5. The highest BCUT2D eigenvalue weighted by Gasteiger charge is 2.13. The number of carboxylic acids is 1. The summed E-state index contributed by atoms with van der Waals surface area (Å²) in [4.78, 5) is 22.3. The van der Waals surface area contributed by atoms with Crippen molar-refractivity contribution in [2.24, 2.45) is 14.1 Å². The number of hydrogen-bond acceptors (Lipinski definition) is 3. The Bertz CT molecular complexity index is 699. The first kappa shape index (κ1) is 14.3. The topological polar surface area (TPSA) is 84.5 Å². The maximum absolute atomic E-state index is 11.8. The number of carboxylic acid groups (broad SMARTS) is 1. The molecule has 0 aliphatic rings. The van der Waals surface area contributed by atoms with Crippen molar-refractivity contribution < 1.29 is 15.0 Å². The molecule has 6 heteroatoms. The predicted octanol–water partition coefficient (Wildman–Crippen LogP) is 1.17. The van der Waals surface area contributed by atoms with E-state index in [1.54, 1.807) is 36.9 Å². The van der Waals surface area contributed by atoms with Gasteiger partial charge in [-0.1, -0.05) is 6.07 Å². The Morgan fingerprint density at radius 2 is 1.90 bits per heavy atom. The highest BCUT2D eigenvalue weighted by atomic mass is 16.4. The van der Waals surface area contributed by atoms with E-state index in [0.29, 0.717) is 18.4 Å². The summed E-state index contributed by atoms with van der Waals surface area (Å²) in [7, 11) is 3.39. The monoisotopic (exact) mass is 278 g/mol. The van der Waals surface area contributed by atoms with Gasteiger partial charge in [-0.2, -0.15) is 0 Å². The SMILES string of the molecule is Cn1c(=O)n(C)c2cc(C(O)CCCC(=O)O)ccc21. The Morgan fingerprint density at radius 3 is 2.55 bits per heavy atom. The van der Waals surface area contributed by atoms with Crippen LogP contribution < -0.4 is 5.69 Å². The molecular weight excluding hydrogens is 260 g/mol. The second kappa shape index (κ2) is 5.50. The van der Waals surface area contributed by atoms with Crippen molar-refractivity contribution in [3.8, 4) is 0 Å². The average molecular weight is 278 g/mol. The van der Waals surface area contributed by atoms with E-state index in [4.69, 9.17) is 5.11 Å². The third kappa shape index (κ3) is 2.60. The van der Waals surface area contributed by atoms with Gasteiger partial charge in [0, 0.05) is 20.5 Å². The number of aliphatic hydroxyl groups excluding tert-OH is 1. The van der Waals surface area contributed by atoms with Crippen molar-refractivity contribution in [3.05, 3.63) is 34.2 Å². The summed E-state index contributed by atoms with van der Waals surface area (Å²) in [6.07, 6.45) is 0.137. The van der Waals surface area contributed by atoms with Crippen molar-refractivity contribution in [2.45, 2.75) is 25.4 Å². The van der Waals surface area contributed by atoms with E-state index in [0.717, 1.165) is 11.0 Å². The third-order valence-electron chi connectivity index (χ3n) is 3.55. The number of aliphatic hydroxyl groups is 1. The molecular formula is C14H18N2O4. The molecule has 0 radical (unpaired) electrons. The lowest BCUT2D eigenvalue weighted by atomic mass is 10.0. The van der Waals surface area contributed by atoms with Crippen molar-refractivity contribution >= 4 is 17.0 Å². The fourth-order valence-electron chi connectivity index (χ4n) is 2.34. The van der Waals surface area contributed by atoms with Crippen LogP contribution in [0, 0.1) is 0 Å². The summed E-state index contributed by atoms with van der Waals surface area (Å²) in [5.74, 6) is -0.863. The number of hydrogen-bond donors (Lipinski definition) is 2. The number of aliphatic carboxylic acids is 1. The number of rotatable bonds is 5. The number of fused-ring (bicyclic) bond motifs is 1. The largest absolute Gasteiger partial charge is 0.481 e. The Labute approximate surface area is 115 Å². The van der Waals surface area contributed by atoms with Crippen molar-refractivity contribution in [1.82, 2.24) is 9.13 Å². The van der Waals surface area contributed by atoms with E-state index in [-0.39, 0.29) is 12.1 Å². The molecule has 1 atom stereocenters. The van der Waals surface area contributed by atoms with Crippen LogP contribution in [0.2, 0.25) is 0 Å². The van der Waals surface area contributed by atoms with E-state index < -0.39 is 12.1 Å². The van der Waals surface area contributed by atoms with Crippen molar-refractivity contribution in [2.75, 3.05) is 0 Å². The molecule has 0 fully saturated rings. The normalized spacial score (nSPS) is 12.8. The van der Waals surface area contributed by atoms with Crippen LogP contribution >= 0.6 is 0 Å². The minimum absolute atomic E-state index is 0.0448. The summed E-state index contributed by atoms with van der Waals surface area (Å²) >= 11 is 0. The molecule has 20 heavy (non-hydrogen) atoms. The van der Waals surface area contributed by atoms with Crippen LogP contribution in [0.4, 0.5) is 0 Å². The highest BCUT2D eigenvalue weighted by molar-refractivity contribution is 5.77. The summed E-state index contributed by atoms with van der Waals surface area (Å²) in [6.45, 7) is 0. The van der Waals surface area contributed by atoms with Crippen LogP contribution in [-0.4, -0.2) is 25.3 Å². The zero-order valence-electron chi connectivity index (χ0n) is 11.5. The van der Waals surface area contributed by atoms with E-state index in [2.05, 4.69) is 0 Å². The van der Waals surface area contributed by atoms with Gasteiger partial charge in [-0.05, 0) is 30.5 Å². The van der Waals surface area contributed by atoms with E-state index in [1.807, 2.05) is 0 Å². The second-order valence-corrected chi connectivity index (χ2v) is 4.95. The molecule has 0 spiro atoms. The van der Waals surface area contributed by atoms with E-state index in [1.165, 1.54) is 4.57 Å². The third-order valence-corrected chi connectivity index (χ3v) is 3.55. The van der Waals surface area contributed by atoms with Crippen LogP contribution in [-0.2, 0) is 18.9 Å². The summed E-state index contributed by atoms with van der Waals surface area (Å²) in [5.41, 5.74) is 2.15. The molecule has 6 nitrogen and oxygen atoms in total. The number of carbonyl (C=O) groups is 1. The smallest absolute Gasteiger partial charge is 0.328 e. The molecule has 0 aliphatic carbocycles. The van der Waals surface area contributed by atoms with Crippen LogP contribution in [0.1, 0.15) is 30.9 Å². The summed E-state index contributed by atoms with van der Waals surface area (Å²) in [6, 6.07) is 5.35. The molecule has 0 bridgehead atoms. The fraction of sp³-hybridized carbons (Fsp3) is 0.429. The van der Waals surface area contributed by atoms with Gasteiger partial charge in [-0.25, -0.2) is 4.79 Å². The zero-order chi connectivity index (χ0) is 14.9. The molecule has 2 N–H and O–H groups in total. The van der Waals surface area contributed by atoms with Gasteiger partial charge in [0.1, 0.15) is 0 Å². The number of benzene rings is 1. The minimum atomic E-state index is -0.863. The molecule has 1 aromatic carbocycles. The van der Waals surface area contributed by atoms with Crippen molar-refractivity contribution in [3.63, 3.8) is 0 Å². The molecule has 0 saturated carbocycles. The summed E-state index contributed by atoms with van der Waals surface area (Å²) < 4.78 is 3.08. The maximum Gasteiger partial charge on any atom is 0.328 e. The summed E-state index contributed by atoms with van der Waals surface area (Å²) in [5, 5.41) is 18.7. The number of aryl methyl sites for hydroxylation is 2. The lowest BCUT2D eigenvalue weighted by molar-refractivity contribution is -0.137. The molecule has 2 rings (SSSR count). The molecule has 0 amide bonds. The molecule has 1 aromatic heterocycles. The molecule has 1 heterocycles. The van der Waals surface area contributed by atoms with Gasteiger partial charge in [0.25, 0.3) is 0 Å². The first-order valence-corrected chi connectivity index (χ1v) is 6.47.